The van der Waals surface area contributed by atoms with Crippen molar-refractivity contribution in [2.45, 2.75) is 38.1 Å². The molecule has 0 unspecified atom stereocenters. The molecule has 0 aromatic heterocycles. The van der Waals surface area contributed by atoms with Crippen molar-refractivity contribution in [2.75, 3.05) is 25.2 Å². The monoisotopic (exact) mass is 296 g/mol. The van der Waals surface area contributed by atoms with Gasteiger partial charge in [-0.15, -0.1) is 11.6 Å². The summed E-state index contributed by atoms with van der Waals surface area (Å²) < 4.78 is 24.8. The number of sulfonamides is 1. The van der Waals surface area contributed by atoms with E-state index in [4.69, 9.17) is 11.6 Å². The van der Waals surface area contributed by atoms with Crippen LogP contribution in [0.1, 0.15) is 32.1 Å². The molecule has 7 heteroatoms. The van der Waals surface area contributed by atoms with Crippen LogP contribution < -0.4 is 4.72 Å². The summed E-state index contributed by atoms with van der Waals surface area (Å²) in [6.45, 7) is 1.26. The number of carbonyl (C=O) groups is 1. The van der Waals surface area contributed by atoms with Crippen LogP contribution in [0.25, 0.3) is 0 Å². The highest BCUT2D eigenvalue weighted by molar-refractivity contribution is 7.88. The van der Waals surface area contributed by atoms with Gasteiger partial charge in [-0.05, 0) is 25.7 Å². The van der Waals surface area contributed by atoms with Gasteiger partial charge in [-0.2, -0.15) is 0 Å². The second-order valence-corrected chi connectivity index (χ2v) is 6.85. The maximum absolute atomic E-state index is 11.8. The SMILES string of the molecule is CS(=O)(=O)NC1CCN(C(=O)CCCCCl)CC1. The van der Waals surface area contributed by atoms with E-state index in [9.17, 15) is 13.2 Å². The van der Waals surface area contributed by atoms with Crippen molar-refractivity contribution in [1.82, 2.24) is 9.62 Å². The van der Waals surface area contributed by atoms with Crippen LogP contribution in [0.5, 0.6) is 0 Å². The minimum atomic E-state index is -3.15. The van der Waals surface area contributed by atoms with E-state index in [1.165, 1.54) is 0 Å². The fourth-order valence-corrected chi connectivity index (χ4v) is 3.11. The van der Waals surface area contributed by atoms with Crippen molar-refractivity contribution in [3.05, 3.63) is 0 Å². The number of likely N-dealkylation sites (tertiary alicyclic amines) is 1. The van der Waals surface area contributed by atoms with Crippen molar-refractivity contribution in [3.8, 4) is 0 Å². The van der Waals surface area contributed by atoms with Crippen molar-refractivity contribution >= 4 is 27.5 Å². The molecule has 1 rings (SSSR count). The van der Waals surface area contributed by atoms with Gasteiger partial charge in [0.2, 0.25) is 15.9 Å². The summed E-state index contributed by atoms with van der Waals surface area (Å²) in [6.07, 6.45) is 4.76. The third-order valence-corrected chi connectivity index (χ3v) is 4.03. The second kappa shape index (κ2) is 7.31. The molecule has 1 aliphatic heterocycles. The van der Waals surface area contributed by atoms with E-state index >= 15 is 0 Å². The van der Waals surface area contributed by atoms with Crippen molar-refractivity contribution in [3.63, 3.8) is 0 Å². The Kier molecular flexibility index (Phi) is 6.38. The van der Waals surface area contributed by atoms with Gasteiger partial charge in [-0.3, -0.25) is 4.79 Å². The number of nitrogens with one attached hydrogen (secondary N) is 1. The molecule has 0 spiro atoms. The van der Waals surface area contributed by atoms with Crippen molar-refractivity contribution in [2.24, 2.45) is 0 Å². The Hall–Kier alpha value is -0.330. The van der Waals surface area contributed by atoms with Crippen LogP contribution >= 0.6 is 11.6 Å². The Morgan fingerprint density at radius 3 is 2.44 bits per heavy atom. The lowest BCUT2D eigenvalue weighted by Crippen LogP contribution is -2.46. The lowest BCUT2D eigenvalue weighted by molar-refractivity contribution is -0.132. The van der Waals surface area contributed by atoms with Crippen molar-refractivity contribution < 1.29 is 13.2 Å². The van der Waals surface area contributed by atoms with E-state index in [2.05, 4.69) is 4.72 Å². The number of hydrogen-bond acceptors (Lipinski definition) is 3. The summed E-state index contributed by atoms with van der Waals surface area (Å²) in [5.74, 6) is 0.742. The van der Waals surface area contributed by atoms with Crippen LogP contribution in [0.4, 0.5) is 0 Å². The topological polar surface area (TPSA) is 66.5 Å². The molecule has 18 heavy (non-hydrogen) atoms. The quantitative estimate of drug-likeness (QED) is 0.586. The first-order chi connectivity index (χ1) is 8.42. The Morgan fingerprint density at radius 1 is 1.33 bits per heavy atom. The summed E-state index contributed by atoms with van der Waals surface area (Å²) in [6, 6.07) is -0.0353. The minimum Gasteiger partial charge on any atom is -0.343 e. The Labute approximate surface area is 114 Å². The lowest BCUT2D eigenvalue weighted by Gasteiger charge is -2.32. The fraction of sp³-hybridized carbons (Fsp3) is 0.909. The Bertz CT molecular complexity index is 364. The molecule has 5 nitrogen and oxygen atoms in total. The van der Waals surface area contributed by atoms with Gasteiger partial charge in [0.1, 0.15) is 0 Å². The van der Waals surface area contributed by atoms with Crippen LogP contribution in [0, 0.1) is 0 Å². The first-order valence-corrected chi connectivity index (χ1v) is 8.66. The number of hydrogen-bond donors (Lipinski definition) is 1. The summed E-state index contributed by atoms with van der Waals surface area (Å²) >= 11 is 5.56. The zero-order valence-electron chi connectivity index (χ0n) is 10.7. The molecule has 1 heterocycles. The highest BCUT2D eigenvalue weighted by Gasteiger charge is 2.23. The van der Waals surface area contributed by atoms with E-state index in [0.717, 1.165) is 19.1 Å². The molecular formula is C11H21ClN2O3S. The number of alkyl halides is 1. The molecule has 0 aromatic rings. The van der Waals surface area contributed by atoms with Crippen LogP contribution in [0.2, 0.25) is 0 Å². The highest BCUT2D eigenvalue weighted by atomic mass is 35.5. The van der Waals surface area contributed by atoms with Gasteiger partial charge >= 0.3 is 0 Å². The zero-order valence-corrected chi connectivity index (χ0v) is 12.3. The molecule has 1 fully saturated rings. The molecule has 1 N–H and O–H groups in total. The first kappa shape index (κ1) is 15.7. The van der Waals surface area contributed by atoms with Gasteiger partial charge in [0, 0.05) is 31.4 Å². The normalized spacial score (nSPS) is 18.0. The van der Waals surface area contributed by atoms with E-state index in [-0.39, 0.29) is 11.9 Å². The largest absolute Gasteiger partial charge is 0.343 e. The summed E-state index contributed by atoms with van der Waals surface area (Å²) in [5.41, 5.74) is 0. The number of nitrogens with zero attached hydrogens (tertiary/aromatic N) is 1. The molecule has 0 atom stereocenters. The van der Waals surface area contributed by atoms with Gasteiger partial charge in [-0.1, -0.05) is 0 Å². The molecule has 0 bridgehead atoms. The number of piperidine rings is 1. The summed E-state index contributed by atoms with van der Waals surface area (Å²) in [7, 11) is -3.15. The van der Waals surface area contributed by atoms with E-state index in [0.29, 0.717) is 38.2 Å². The standard InChI is InChI=1S/C11H21ClN2O3S/c1-18(16,17)13-10-5-8-14(9-6-10)11(15)4-2-3-7-12/h10,13H,2-9H2,1H3. The fourth-order valence-electron chi connectivity index (χ4n) is 2.08. The highest BCUT2D eigenvalue weighted by Crippen LogP contribution is 2.13. The molecule has 0 radical (unpaired) electrons. The lowest BCUT2D eigenvalue weighted by atomic mass is 10.1. The van der Waals surface area contributed by atoms with E-state index < -0.39 is 10.0 Å². The average Bonchev–Trinajstić information content (AvgIpc) is 2.28. The number of amides is 1. The zero-order chi connectivity index (χ0) is 13.6. The Morgan fingerprint density at radius 2 is 1.94 bits per heavy atom. The first-order valence-electron chi connectivity index (χ1n) is 6.23. The summed E-state index contributed by atoms with van der Waals surface area (Å²) in [4.78, 5) is 13.6. The van der Waals surface area contributed by atoms with E-state index in [1.807, 2.05) is 4.90 Å². The Balaban J connectivity index is 2.28. The maximum Gasteiger partial charge on any atom is 0.222 e. The summed E-state index contributed by atoms with van der Waals surface area (Å²) in [5, 5.41) is 0. The van der Waals surface area contributed by atoms with Crippen LogP contribution in [-0.4, -0.2) is 50.5 Å². The number of rotatable bonds is 6. The number of halogens is 1. The molecule has 0 saturated carbocycles. The van der Waals surface area contributed by atoms with Gasteiger partial charge in [-0.25, -0.2) is 13.1 Å². The predicted molar refractivity (Wildman–Crippen MR) is 72.2 cm³/mol. The minimum absolute atomic E-state index is 0.0353. The molecule has 1 saturated heterocycles. The van der Waals surface area contributed by atoms with Crippen LogP contribution in [-0.2, 0) is 14.8 Å². The van der Waals surface area contributed by atoms with Gasteiger partial charge < -0.3 is 4.90 Å². The molecular weight excluding hydrogens is 276 g/mol. The van der Waals surface area contributed by atoms with Gasteiger partial charge in [0.15, 0.2) is 0 Å². The smallest absolute Gasteiger partial charge is 0.222 e. The number of carbonyl (C=O) groups excluding carboxylic acids is 1. The average molecular weight is 297 g/mol. The van der Waals surface area contributed by atoms with Gasteiger partial charge in [0.25, 0.3) is 0 Å². The number of unbranched alkanes of at least 4 members (excludes halogenated alkanes) is 1. The van der Waals surface area contributed by atoms with Crippen molar-refractivity contribution in [1.29, 1.82) is 0 Å². The third-order valence-electron chi connectivity index (χ3n) is 3.00. The molecule has 1 amide bonds. The second-order valence-electron chi connectivity index (χ2n) is 4.69. The molecule has 1 aliphatic rings. The molecule has 106 valence electrons. The molecule has 0 aliphatic carbocycles. The predicted octanol–water partition coefficient (Wildman–Crippen LogP) is 0.936. The maximum atomic E-state index is 11.8. The van der Waals surface area contributed by atoms with E-state index in [1.54, 1.807) is 0 Å². The van der Waals surface area contributed by atoms with Crippen LogP contribution in [0.3, 0.4) is 0 Å². The van der Waals surface area contributed by atoms with Gasteiger partial charge in [0.05, 0.1) is 6.26 Å². The van der Waals surface area contributed by atoms with Crippen LogP contribution in [0.15, 0.2) is 0 Å². The molecule has 0 aromatic carbocycles. The third kappa shape index (κ3) is 6.02.